The number of anilines is 1. The van der Waals surface area contributed by atoms with E-state index in [0.717, 1.165) is 31.0 Å². The molecule has 1 aliphatic carbocycles. The first-order chi connectivity index (χ1) is 10.2. The number of aliphatic hydroxyl groups is 1. The topological polar surface area (TPSA) is 49.2 Å². The maximum atomic E-state index is 10.4. The molecule has 1 saturated heterocycles. The summed E-state index contributed by atoms with van der Waals surface area (Å²) in [5, 5.41) is 10.4. The van der Waals surface area contributed by atoms with Crippen LogP contribution in [-0.4, -0.2) is 33.8 Å². The number of nitrogens with zero attached hydrogens (tertiary/aromatic N) is 3. The standard InChI is InChI=1S/C17H27N3O/c1-12(2)17-18-10-9-16(19-17)20-11-5-7-14(20)13-6-3-4-8-15(13)21/h9-10,12-15,21H,3-8,11H2,1-2H3. The quantitative estimate of drug-likeness (QED) is 0.929. The van der Waals surface area contributed by atoms with Gasteiger partial charge >= 0.3 is 0 Å². The molecule has 0 bridgehead atoms. The van der Waals surface area contributed by atoms with Crippen LogP contribution in [0.25, 0.3) is 0 Å². The van der Waals surface area contributed by atoms with Crippen LogP contribution in [0.2, 0.25) is 0 Å². The van der Waals surface area contributed by atoms with Crippen molar-refractivity contribution in [1.82, 2.24) is 9.97 Å². The van der Waals surface area contributed by atoms with Crippen molar-refractivity contribution in [1.29, 1.82) is 0 Å². The van der Waals surface area contributed by atoms with Gasteiger partial charge in [-0.25, -0.2) is 9.97 Å². The second-order valence-electron chi connectivity index (χ2n) is 6.85. The third kappa shape index (κ3) is 3.05. The minimum atomic E-state index is -0.129. The first-order valence-electron chi connectivity index (χ1n) is 8.44. The van der Waals surface area contributed by atoms with Gasteiger partial charge in [-0.2, -0.15) is 0 Å². The van der Waals surface area contributed by atoms with Crippen LogP contribution in [0.3, 0.4) is 0 Å². The molecule has 4 nitrogen and oxygen atoms in total. The average molecular weight is 289 g/mol. The summed E-state index contributed by atoms with van der Waals surface area (Å²) in [5.74, 6) is 2.74. The molecular formula is C17H27N3O. The highest BCUT2D eigenvalue weighted by atomic mass is 16.3. The molecule has 0 aromatic carbocycles. The Hall–Kier alpha value is -1.16. The number of aromatic nitrogens is 2. The van der Waals surface area contributed by atoms with Crippen molar-refractivity contribution in [2.75, 3.05) is 11.4 Å². The maximum Gasteiger partial charge on any atom is 0.133 e. The number of aliphatic hydroxyl groups excluding tert-OH is 1. The van der Waals surface area contributed by atoms with Crippen LogP contribution in [0.5, 0.6) is 0 Å². The van der Waals surface area contributed by atoms with Crippen molar-refractivity contribution in [3.8, 4) is 0 Å². The molecule has 1 N–H and O–H groups in total. The fraction of sp³-hybridized carbons (Fsp3) is 0.765. The van der Waals surface area contributed by atoms with Crippen LogP contribution in [0, 0.1) is 5.92 Å². The summed E-state index contributed by atoms with van der Waals surface area (Å²) in [6, 6.07) is 2.48. The first kappa shape index (κ1) is 14.8. The monoisotopic (exact) mass is 289 g/mol. The highest BCUT2D eigenvalue weighted by Crippen LogP contribution is 2.36. The second kappa shape index (κ2) is 6.30. The largest absolute Gasteiger partial charge is 0.393 e. The van der Waals surface area contributed by atoms with Crippen LogP contribution in [0.1, 0.15) is 64.1 Å². The van der Waals surface area contributed by atoms with Crippen molar-refractivity contribution in [2.45, 2.75) is 70.4 Å². The number of hydrogen-bond donors (Lipinski definition) is 1. The maximum absolute atomic E-state index is 10.4. The van der Waals surface area contributed by atoms with Crippen molar-refractivity contribution in [3.63, 3.8) is 0 Å². The number of rotatable bonds is 3. The van der Waals surface area contributed by atoms with Crippen molar-refractivity contribution in [3.05, 3.63) is 18.1 Å². The Morgan fingerprint density at radius 1 is 1.19 bits per heavy atom. The van der Waals surface area contributed by atoms with Crippen LogP contribution >= 0.6 is 0 Å². The summed E-state index contributed by atoms with van der Waals surface area (Å²) in [4.78, 5) is 11.6. The van der Waals surface area contributed by atoms with Gasteiger partial charge in [0.25, 0.3) is 0 Å². The molecule has 21 heavy (non-hydrogen) atoms. The van der Waals surface area contributed by atoms with Crippen LogP contribution in [0.4, 0.5) is 5.82 Å². The van der Waals surface area contributed by atoms with Crippen LogP contribution in [0.15, 0.2) is 12.3 Å². The highest BCUT2D eigenvalue weighted by Gasteiger charge is 2.37. The minimum absolute atomic E-state index is 0.129. The minimum Gasteiger partial charge on any atom is -0.393 e. The van der Waals surface area contributed by atoms with Gasteiger partial charge in [0.05, 0.1) is 6.10 Å². The van der Waals surface area contributed by atoms with Crippen molar-refractivity contribution >= 4 is 5.82 Å². The Labute approximate surface area is 127 Å². The molecule has 1 aromatic rings. The van der Waals surface area contributed by atoms with Gasteiger partial charge < -0.3 is 10.0 Å². The lowest BCUT2D eigenvalue weighted by Crippen LogP contribution is -2.43. The summed E-state index contributed by atoms with van der Waals surface area (Å²) in [6.07, 6.45) is 8.70. The van der Waals surface area contributed by atoms with Gasteiger partial charge in [0.1, 0.15) is 11.6 Å². The lowest BCUT2D eigenvalue weighted by atomic mass is 9.80. The molecule has 2 heterocycles. The molecule has 1 aromatic heterocycles. The molecule has 3 rings (SSSR count). The van der Waals surface area contributed by atoms with E-state index in [1.165, 1.54) is 25.7 Å². The predicted molar refractivity (Wildman–Crippen MR) is 84.5 cm³/mol. The molecule has 116 valence electrons. The Kier molecular flexibility index (Phi) is 4.43. The molecule has 2 fully saturated rings. The normalized spacial score (nSPS) is 30.1. The molecular weight excluding hydrogens is 262 g/mol. The van der Waals surface area contributed by atoms with E-state index in [1.54, 1.807) is 0 Å². The van der Waals surface area contributed by atoms with E-state index in [9.17, 15) is 5.11 Å². The number of hydrogen-bond acceptors (Lipinski definition) is 4. The molecule has 3 unspecified atom stereocenters. The van der Waals surface area contributed by atoms with Crippen LogP contribution in [-0.2, 0) is 0 Å². The predicted octanol–water partition coefficient (Wildman–Crippen LogP) is 3.12. The van der Waals surface area contributed by atoms with E-state index in [1.807, 2.05) is 12.3 Å². The van der Waals surface area contributed by atoms with E-state index < -0.39 is 0 Å². The van der Waals surface area contributed by atoms with Crippen molar-refractivity contribution < 1.29 is 5.11 Å². The molecule has 0 radical (unpaired) electrons. The third-order valence-electron chi connectivity index (χ3n) is 5.05. The Bertz CT molecular complexity index is 477. The molecule has 2 aliphatic rings. The fourth-order valence-electron chi connectivity index (χ4n) is 3.91. The van der Waals surface area contributed by atoms with Gasteiger partial charge in [-0.3, -0.25) is 0 Å². The highest BCUT2D eigenvalue weighted by molar-refractivity contribution is 5.41. The lowest BCUT2D eigenvalue weighted by Gasteiger charge is -2.37. The zero-order valence-electron chi connectivity index (χ0n) is 13.2. The summed E-state index contributed by atoms with van der Waals surface area (Å²) in [5.41, 5.74) is 0. The summed E-state index contributed by atoms with van der Waals surface area (Å²) in [7, 11) is 0. The SMILES string of the molecule is CC(C)c1nccc(N2CCCC2C2CCCCC2O)n1. The lowest BCUT2D eigenvalue weighted by molar-refractivity contribution is 0.0565. The Balaban J connectivity index is 1.81. The van der Waals surface area contributed by atoms with Gasteiger partial charge in [-0.1, -0.05) is 26.7 Å². The third-order valence-corrected chi connectivity index (χ3v) is 5.05. The Morgan fingerprint density at radius 2 is 2.00 bits per heavy atom. The van der Waals surface area contributed by atoms with Gasteiger partial charge in [-0.05, 0) is 31.7 Å². The van der Waals surface area contributed by atoms with E-state index in [2.05, 4.69) is 23.7 Å². The summed E-state index contributed by atoms with van der Waals surface area (Å²) >= 11 is 0. The summed E-state index contributed by atoms with van der Waals surface area (Å²) in [6.45, 7) is 5.32. The van der Waals surface area contributed by atoms with E-state index in [0.29, 0.717) is 17.9 Å². The van der Waals surface area contributed by atoms with Crippen molar-refractivity contribution in [2.24, 2.45) is 5.92 Å². The van der Waals surface area contributed by atoms with Gasteiger partial charge in [0.15, 0.2) is 0 Å². The zero-order valence-corrected chi connectivity index (χ0v) is 13.2. The summed E-state index contributed by atoms with van der Waals surface area (Å²) < 4.78 is 0. The Morgan fingerprint density at radius 3 is 2.76 bits per heavy atom. The van der Waals surface area contributed by atoms with Gasteiger partial charge in [-0.15, -0.1) is 0 Å². The molecule has 3 atom stereocenters. The molecule has 1 saturated carbocycles. The van der Waals surface area contributed by atoms with E-state index >= 15 is 0 Å². The zero-order chi connectivity index (χ0) is 14.8. The molecule has 4 heteroatoms. The van der Waals surface area contributed by atoms with Gasteiger partial charge in [0.2, 0.25) is 0 Å². The fourth-order valence-corrected chi connectivity index (χ4v) is 3.91. The molecule has 1 aliphatic heterocycles. The average Bonchev–Trinajstić information content (AvgIpc) is 2.97. The van der Waals surface area contributed by atoms with E-state index in [4.69, 9.17) is 4.98 Å². The first-order valence-corrected chi connectivity index (χ1v) is 8.44. The van der Waals surface area contributed by atoms with Gasteiger partial charge in [0, 0.05) is 30.6 Å². The smallest absolute Gasteiger partial charge is 0.133 e. The van der Waals surface area contributed by atoms with Crippen LogP contribution < -0.4 is 4.90 Å². The van der Waals surface area contributed by atoms with E-state index in [-0.39, 0.29) is 6.10 Å². The molecule has 0 spiro atoms. The second-order valence-corrected chi connectivity index (χ2v) is 6.85. The molecule has 0 amide bonds.